The lowest BCUT2D eigenvalue weighted by Crippen LogP contribution is -2.22. The van der Waals surface area contributed by atoms with Gasteiger partial charge in [-0.15, -0.1) is 0 Å². The highest BCUT2D eigenvalue weighted by Gasteiger charge is 2.43. The number of carbonyl (C=O) groups is 1. The van der Waals surface area contributed by atoms with Gasteiger partial charge in [-0.25, -0.2) is 0 Å². The van der Waals surface area contributed by atoms with Crippen molar-refractivity contribution in [2.75, 3.05) is 14.2 Å². The molecule has 3 atom stereocenters. The molecule has 0 spiro atoms. The van der Waals surface area contributed by atoms with E-state index in [2.05, 4.69) is 0 Å². The Hall–Kier alpha value is -1.75. The molecule has 1 aromatic carbocycles. The van der Waals surface area contributed by atoms with E-state index in [0.717, 1.165) is 24.2 Å². The number of ether oxygens (including phenoxy) is 2. The topological polar surface area (TPSA) is 81.8 Å². The van der Waals surface area contributed by atoms with Crippen LogP contribution >= 0.6 is 0 Å². The molecule has 2 aliphatic rings. The van der Waals surface area contributed by atoms with E-state index < -0.39 is 12.0 Å². The molecule has 0 amide bonds. The average Bonchev–Trinajstić information content (AvgIpc) is 3.06. The highest BCUT2D eigenvalue weighted by atomic mass is 16.5. The normalized spacial score (nSPS) is 24.4. The van der Waals surface area contributed by atoms with E-state index in [0.29, 0.717) is 23.1 Å². The summed E-state index contributed by atoms with van der Waals surface area (Å²) < 4.78 is 11.0. The minimum Gasteiger partial charge on any atom is -0.496 e. The fraction of sp³-hybridized carbons (Fsp3) is 0.533. The smallest absolute Gasteiger partial charge is 0.325 e. The van der Waals surface area contributed by atoms with Gasteiger partial charge in [0.25, 0.3) is 0 Å². The minimum absolute atomic E-state index is 0.444. The van der Waals surface area contributed by atoms with Crippen LogP contribution in [0.5, 0.6) is 11.5 Å². The second-order valence-corrected chi connectivity index (χ2v) is 5.55. The van der Waals surface area contributed by atoms with Crippen molar-refractivity contribution in [3.05, 3.63) is 22.8 Å². The van der Waals surface area contributed by atoms with Crippen molar-refractivity contribution >= 4 is 5.97 Å². The Bertz CT molecular complexity index is 569. The molecule has 1 saturated carbocycles. The van der Waals surface area contributed by atoms with Crippen molar-refractivity contribution in [3.63, 3.8) is 0 Å². The monoisotopic (exact) mass is 277 g/mol. The summed E-state index contributed by atoms with van der Waals surface area (Å²) in [6.45, 7) is 0. The first-order valence-electron chi connectivity index (χ1n) is 6.85. The van der Waals surface area contributed by atoms with E-state index in [-0.39, 0.29) is 0 Å². The molecule has 3 N–H and O–H groups in total. The maximum Gasteiger partial charge on any atom is 0.325 e. The van der Waals surface area contributed by atoms with Gasteiger partial charge in [-0.1, -0.05) is 0 Å². The Labute approximate surface area is 117 Å². The molecule has 3 rings (SSSR count). The van der Waals surface area contributed by atoms with Crippen LogP contribution in [0.4, 0.5) is 0 Å². The number of fused-ring (bicyclic) bond motifs is 5. The second-order valence-electron chi connectivity index (χ2n) is 5.55. The first-order chi connectivity index (χ1) is 9.58. The predicted octanol–water partition coefficient (Wildman–Crippen LogP) is 2.15. The third-order valence-corrected chi connectivity index (χ3v) is 4.62. The molecule has 0 aromatic heterocycles. The quantitative estimate of drug-likeness (QED) is 0.881. The zero-order chi connectivity index (χ0) is 14.4. The Kier molecular flexibility index (Phi) is 3.09. The molecule has 0 aliphatic heterocycles. The van der Waals surface area contributed by atoms with Gasteiger partial charge in [0.05, 0.1) is 14.2 Å². The molecule has 1 aromatic rings. The number of hydrogen-bond acceptors (Lipinski definition) is 4. The first kappa shape index (κ1) is 13.2. The van der Waals surface area contributed by atoms with E-state index in [1.807, 2.05) is 0 Å². The van der Waals surface area contributed by atoms with Crippen molar-refractivity contribution in [2.24, 2.45) is 5.73 Å². The highest BCUT2D eigenvalue weighted by molar-refractivity contribution is 5.78. The van der Waals surface area contributed by atoms with Gasteiger partial charge in [-0.3, -0.25) is 4.79 Å². The molecule has 1 fully saturated rings. The fourth-order valence-electron chi connectivity index (χ4n) is 3.79. The molecule has 2 bridgehead atoms. The van der Waals surface area contributed by atoms with Crippen LogP contribution < -0.4 is 15.2 Å². The van der Waals surface area contributed by atoms with Gasteiger partial charge >= 0.3 is 5.97 Å². The standard InChI is InChI=1S/C15H19NO4/c1-19-10-6-9(13(16)15(17)18)14(20-2)12-8-4-3-7(5-8)11(10)12/h6-8,13H,3-5,16H2,1-2H3,(H,17,18). The Balaban J connectivity index is 2.23. The zero-order valence-electron chi connectivity index (χ0n) is 11.7. The number of rotatable bonds is 4. The largest absolute Gasteiger partial charge is 0.496 e. The molecule has 108 valence electrons. The summed E-state index contributed by atoms with van der Waals surface area (Å²) >= 11 is 0. The molecule has 3 unspecified atom stereocenters. The van der Waals surface area contributed by atoms with Gasteiger partial charge < -0.3 is 20.3 Å². The molecule has 0 saturated heterocycles. The van der Waals surface area contributed by atoms with Gasteiger partial charge in [0, 0.05) is 16.7 Å². The van der Waals surface area contributed by atoms with E-state index in [1.165, 1.54) is 12.0 Å². The summed E-state index contributed by atoms with van der Waals surface area (Å²) in [5.74, 6) is 1.28. The summed E-state index contributed by atoms with van der Waals surface area (Å²) in [6, 6.07) is 0.639. The molecule has 0 radical (unpaired) electrons. The number of carboxylic acid groups (broad SMARTS) is 1. The number of methoxy groups -OCH3 is 2. The summed E-state index contributed by atoms with van der Waals surface area (Å²) in [5.41, 5.74) is 8.61. The van der Waals surface area contributed by atoms with E-state index in [4.69, 9.17) is 15.2 Å². The van der Waals surface area contributed by atoms with E-state index >= 15 is 0 Å². The number of aliphatic carboxylic acids is 1. The SMILES string of the molecule is COc1cc(C(N)C(=O)O)c(OC)c2c1C1CCC2C1. The average molecular weight is 277 g/mol. The lowest BCUT2D eigenvalue weighted by Gasteiger charge is -2.24. The number of benzene rings is 1. The van der Waals surface area contributed by atoms with Crippen molar-refractivity contribution in [2.45, 2.75) is 37.1 Å². The Morgan fingerprint density at radius 2 is 1.95 bits per heavy atom. The predicted molar refractivity (Wildman–Crippen MR) is 73.4 cm³/mol. The summed E-state index contributed by atoms with van der Waals surface area (Å²) in [6.07, 6.45) is 3.40. The molecule has 0 heterocycles. The molecule has 5 nitrogen and oxygen atoms in total. The van der Waals surface area contributed by atoms with Crippen LogP contribution in [-0.4, -0.2) is 25.3 Å². The maximum atomic E-state index is 11.2. The van der Waals surface area contributed by atoms with Crippen LogP contribution in [0.15, 0.2) is 6.07 Å². The lowest BCUT2D eigenvalue weighted by molar-refractivity contribution is -0.138. The van der Waals surface area contributed by atoms with Crippen molar-refractivity contribution in [3.8, 4) is 11.5 Å². The number of carboxylic acids is 1. The molecule has 5 heteroatoms. The van der Waals surface area contributed by atoms with Crippen molar-refractivity contribution < 1.29 is 19.4 Å². The van der Waals surface area contributed by atoms with Gasteiger partial charge in [0.1, 0.15) is 17.5 Å². The van der Waals surface area contributed by atoms with E-state index in [9.17, 15) is 9.90 Å². The lowest BCUT2D eigenvalue weighted by atomic mass is 9.87. The molecular weight excluding hydrogens is 258 g/mol. The number of hydrogen-bond donors (Lipinski definition) is 2. The molecule has 2 aliphatic carbocycles. The Morgan fingerprint density at radius 3 is 2.50 bits per heavy atom. The molecule has 20 heavy (non-hydrogen) atoms. The van der Waals surface area contributed by atoms with Crippen LogP contribution in [0.3, 0.4) is 0 Å². The van der Waals surface area contributed by atoms with Crippen LogP contribution in [0.2, 0.25) is 0 Å². The third-order valence-electron chi connectivity index (χ3n) is 4.62. The van der Waals surface area contributed by atoms with Crippen molar-refractivity contribution in [1.82, 2.24) is 0 Å². The van der Waals surface area contributed by atoms with Crippen LogP contribution in [0, 0.1) is 0 Å². The Morgan fingerprint density at radius 1 is 1.30 bits per heavy atom. The van der Waals surface area contributed by atoms with Crippen molar-refractivity contribution in [1.29, 1.82) is 0 Å². The third kappa shape index (κ3) is 1.69. The van der Waals surface area contributed by atoms with Gasteiger partial charge in [-0.05, 0) is 37.2 Å². The highest BCUT2D eigenvalue weighted by Crippen LogP contribution is 2.59. The van der Waals surface area contributed by atoms with Gasteiger partial charge in [0.2, 0.25) is 0 Å². The summed E-state index contributed by atoms with van der Waals surface area (Å²) in [5, 5.41) is 9.18. The summed E-state index contributed by atoms with van der Waals surface area (Å²) in [7, 11) is 3.19. The second kappa shape index (κ2) is 4.66. The zero-order valence-corrected chi connectivity index (χ0v) is 11.7. The van der Waals surface area contributed by atoms with Crippen LogP contribution in [0.1, 0.15) is 53.8 Å². The molecular formula is C15H19NO4. The fourth-order valence-corrected chi connectivity index (χ4v) is 3.79. The summed E-state index contributed by atoms with van der Waals surface area (Å²) in [4.78, 5) is 11.2. The number of nitrogens with two attached hydrogens (primary N) is 1. The van der Waals surface area contributed by atoms with Crippen LogP contribution in [0.25, 0.3) is 0 Å². The van der Waals surface area contributed by atoms with E-state index in [1.54, 1.807) is 20.3 Å². The van der Waals surface area contributed by atoms with Gasteiger partial charge in [0.15, 0.2) is 0 Å². The van der Waals surface area contributed by atoms with Crippen LogP contribution in [-0.2, 0) is 4.79 Å². The minimum atomic E-state index is -1.09. The first-order valence-corrected chi connectivity index (χ1v) is 6.85. The van der Waals surface area contributed by atoms with Gasteiger partial charge in [-0.2, -0.15) is 0 Å². The maximum absolute atomic E-state index is 11.2.